The molecule has 3 rings (SSSR count). The van der Waals surface area contributed by atoms with Crippen LogP contribution >= 0.6 is 0 Å². The number of anilines is 1. The monoisotopic (exact) mass is 310 g/mol. The fraction of sp³-hybridized carbons (Fsp3) is 0.529. The van der Waals surface area contributed by atoms with E-state index in [1.807, 2.05) is 0 Å². The molecule has 2 aromatic heterocycles. The van der Waals surface area contributed by atoms with E-state index in [0.717, 1.165) is 29.8 Å². The lowest BCUT2D eigenvalue weighted by Gasteiger charge is -2.08. The van der Waals surface area contributed by atoms with E-state index >= 15 is 0 Å². The average Bonchev–Trinajstić information content (AvgIpc) is 2.81. The molecule has 2 aromatic rings. The molecule has 1 aliphatic carbocycles. The van der Waals surface area contributed by atoms with Gasteiger partial charge in [0.25, 0.3) is 0 Å². The van der Waals surface area contributed by atoms with Crippen LogP contribution in [-0.2, 0) is 6.54 Å². The molecule has 0 radical (unpaired) electrons. The molecular formula is C17H22N6. The third kappa shape index (κ3) is 3.86. The van der Waals surface area contributed by atoms with Gasteiger partial charge in [-0.25, -0.2) is 14.6 Å². The van der Waals surface area contributed by atoms with Gasteiger partial charge in [0.15, 0.2) is 5.65 Å². The molecule has 0 fully saturated rings. The third-order valence-electron chi connectivity index (χ3n) is 4.24. The van der Waals surface area contributed by atoms with E-state index in [9.17, 15) is 0 Å². The van der Waals surface area contributed by atoms with Gasteiger partial charge in [-0.2, -0.15) is 10.4 Å². The second-order valence-corrected chi connectivity index (χ2v) is 5.87. The largest absolute Gasteiger partial charge is 0.369 e. The maximum atomic E-state index is 8.71. The second-order valence-electron chi connectivity index (χ2n) is 5.87. The Hall–Kier alpha value is -2.42. The molecule has 1 N–H and O–H groups in total. The van der Waals surface area contributed by atoms with Gasteiger partial charge >= 0.3 is 0 Å². The summed E-state index contributed by atoms with van der Waals surface area (Å²) in [4.78, 5) is 8.64. The molecule has 120 valence electrons. The van der Waals surface area contributed by atoms with E-state index in [1.165, 1.54) is 32.1 Å². The van der Waals surface area contributed by atoms with Gasteiger partial charge in [-0.15, -0.1) is 0 Å². The molecule has 2 heterocycles. The number of aryl methyl sites for hydroxylation is 1. The zero-order chi connectivity index (χ0) is 15.9. The van der Waals surface area contributed by atoms with Crippen molar-refractivity contribution in [3.8, 4) is 6.07 Å². The molecule has 0 aliphatic heterocycles. The lowest BCUT2D eigenvalue weighted by Crippen LogP contribution is -2.06. The van der Waals surface area contributed by atoms with Crippen LogP contribution in [0.2, 0.25) is 0 Å². The summed E-state index contributed by atoms with van der Waals surface area (Å²) < 4.78 is 1.76. The van der Waals surface area contributed by atoms with E-state index in [-0.39, 0.29) is 0 Å². The Labute approximate surface area is 136 Å². The number of nitrogens with zero attached hydrogens (tertiary/aromatic N) is 5. The molecule has 6 nitrogen and oxygen atoms in total. The molecule has 0 atom stereocenters. The average molecular weight is 310 g/mol. The highest BCUT2D eigenvalue weighted by Gasteiger charge is 2.09. The van der Waals surface area contributed by atoms with Crippen LogP contribution in [0.4, 0.5) is 5.82 Å². The summed E-state index contributed by atoms with van der Waals surface area (Å²) in [6.45, 7) is 1.44. The SMILES string of the molecule is N#CCCn1ncc2c(NCCC3=CCCCCC3)ncnc21. The molecule has 6 heteroatoms. The van der Waals surface area contributed by atoms with E-state index in [1.54, 1.807) is 22.8 Å². The van der Waals surface area contributed by atoms with Gasteiger partial charge in [0.2, 0.25) is 0 Å². The number of aromatic nitrogens is 4. The van der Waals surface area contributed by atoms with Crippen molar-refractivity contribution >= 4 is 16.9 Å². The maximum Gasteiger partial charge on any atom is 0.163 e. The predicted molar refractivity (Wildman–Crippen MR) is 89.8 cm³/mol. The van der Waals surface area contributed by atoms with Crippen LogP contribution in [0.3, 0.4) is 0 Å². The van der Waals surface area contributed by atoms with Gasteiger partial charge in [-0.3, -0.25) is 0 Å². The molecule has 0 spiro atoms. The molecule has 0 bridgehead atoms. The summed E-state index contributed by atoms with van der Waals surface area (Å²) in [5, 5.41) is 17.4. The fourth-order valence-electron chi connectivity index (χ4n) is 3.00. The summed E-state index contributed by atoms with van der Waals surface area (Å²) in [5.74, 6) is 0.826. The number of rotatable bonds is 6. The highest BCUT2D eigenvalue weighted by molar-refractivity contribution is 5.86. The highest BCUT2D eigenvalue weighted by Crippen LogP contribution is 2.21. The first-order valence-electron chi connectivity index (χ1n) is 8.34. The van der Waals surface area contributed by atoms with Gasteiger partial charge in [0, 0.05) is 6.54 Å². The van der Waals surface area contributed by atoms with Crippen LogP contribution < -0.4 is 5.32 Å². The van der Waals surface area contributed by atoms with Crippen molar-refractivity contribution in [3.05, 3.63) is 24.2 Å². The van der Waals surface area contributed by atoms with Crippen molar-refractivity contribution in [1.29, 1.82) is 5.26 Å². The van der Waals surface area contributed by atoms with Gasteiger partial charge in [0.05, 0.1) is 30.6 Å². The first-order valence-corrected chi connectivity index (χ1v) is 8.34. The molecule has 0 unspecified atom stereocenters. The lowest BCUT2D eigenvalue weighted by atomic mass is 10.1. The van der Waals surface area contributed by atoms with Crippen LogP contribution in [0.15, 0.2) is 24.2 Å². The minimum absolute atomic E-state index is 0.428. The summed E-state index contributed by atoms with van der Waals surface area (Å²) >= 11 is 0. The van der Waals surface area contributed by atoms with Crippen molar-refractivity contribution in [3.63, 3.8) is 0 Å². The standard InChI is InChI=1S/C17H22N6/c18-9-5-11-23-17-15(12-22-23)16(20-13-21-17)19-10-8-14-6-3-1-2-4-7-14/h6,12-13H,1-5,7-8,10-11H2,(H,19,20,21). The number of nitriles is 1. The topological polar surface area (TPSA) is 79.4 Å². The van der Waals surface area contributed by atoms with Crippen LogP contribution in [0, 0.1) is 11.3 Å². The van der Waals surface area contributed by atoms with Gasteiger partial charge in [-0.05, 0) is 32.1 Å². The van der Waals surface area contributed by atoms with Crippen molar-refractivity contribution in [2.45, 2.75) is 51.5 Å². The van der Waals surface area contributed by atoms with E-state index in [0.29, 0.717) is 13.0 Å². The number of nitrogens with one attached hydrogen (secondary N) is 1. The summed E-state index contributed by atoms with van der Waals surface area (Å²) in [6.07, 6.45) is 13.7. The Bertz CT molecular complexity index is 724. The highest BCUT2D eigenvalue weighted by atomic mass is 15.3. The molecule has 0 saturated carbocycles. The predicted octanol–water partition coefficient (Wildman–Crippen LogP) is 3.43. The normalized spacial score (nSPS) is 15.0. The van der Waals surface area contributed by atoms with E-state index < -0.39 is 0 Å². The number of hydrogen-bond donors (Lipinski definition) is 1. The van der Waals surface area contributed by atoms with Gasteiger partial charge in [-0.1, -0.05) is 18.1 Å². The number of allylic oxidation sites excluding steroid dienone is 1. The smallest absolute Gasteiger partial charge is 0.163 e. The molecule has 0 aromatic carbocycles. The van der Waals surface area contributed by atoms with Crippen molar-refractivity contribution in [2.24, 2.45) is 0 Å². The lowest BCUT2D eigenvalue weighted by molar-refractivity contribution is 0.643. The Balaban J connectivity index is 1.65. The van der Waals surface area contributed by atoms with Crippen molar-refractivity contribution < 1.29 is 0 Å². The third-order valence-corrected chi connectivity index (χ3v) is 4.24. The first-order chi connectivity index (χ1) is 11.4. The second kappa shape index (κ2) is 7.73. The zero-order valence-electron chi connectivity index (χ0n) is 13.3. The van der Waals surface area contributed by atoms with Crippen molar-refractivity contribution in [1.82, 2.24) is 19.7 Å². The Morgan fingerprint density at radius 2 is 2.22 bits per heavy atom. The molecule has 23 heavy (non-hydrogen) atoms. The first kappa shape index (κ1) is 15.5. The van der Waals surface area contributed by atoms with Crippen molar-refractivity contribution in [2.75, 3.05) is 11.9 Å². The van der Waals surface area contributed by atoms with Crippen LogP contribution in [-0.4, -0.2) is 26.3 Å². The number of hydrogen-bond acceptors (Lipinski definition) is 5. The Kier molecular flexibility index (Phi) is 5.20. The zero-order valence-corrected chi connectivity index (χ0v) is 13.3. The van der Waals surface area contributed by atoms with E-state index in [2.05, 4.69) is 32.5 Å². The molecule has 0 saturated heterocycles. The number of fused-ring (bicyclic) bond motifs is 1. The van der Waals surface area contributed by atoms with Gasteiger partial charge in [0.1, 0.15) is 12.1 Å². The van der Waals surface area contributed by atoms with Crippen LogP contribution in [0.1, 0.15) is 44.9 Å². The maximum absolute atomic E-state index is 8.71. The summed E-state index contributed by atoms with van der Waals surface area (Å²) in [6, 6.07) is 2.13. The molecular weight excluding hydrogens is 288 g/mol. The summed E-state index contributed by atoms with van der Waals surface area (Å²) in [5.41, 5.74) is 2.34. The Morgan fingerprint density at radius 3 is 3.13 bits per heavy atom. The van der Waals surface area contributed by atoms with Crippen LogP contribution in [0.25, 0.3) is 11.0 Å². The van der Waals surface area contributed by atoms with Gasteiger partial charge < -0.3 is 5.32 Å². The van der Waals surface area contributed by atoms with E-state index in [4.69, 9.17) is 5.26 Å². The minimum atomic E-state index is 0.428. The Morgan fingerprint density at radius 1 is 1.26 bits per heavy atom. The molecule has 1 aliphatic rings. The molecule has 0 amide bonds. The minimum Gasteiger partial charge on any atom is -0.369 e. The summed E-state index contributed by atoms with van der Waals surface area (Å²) in [7, 11) is 0. The quantitative estimate of drug-likeness (QED) is 0.827. The fourth-order valence-corrected chi connectivity index (χ4v) is 3.00. The van der Waals surface area contributed by atoms with Crippen LogP contribution in [0.5, 0.6) is 0 Å².